The van der Waals surface area contributed by atoms with Crippen molar-refractivity contribution in [2.75, 3.05) is 20.0 Å². The zero-order valence-electron chi connectivity index (χ0n) is 11.6. The molecule has 0 amide bonds. The van der Waals surface area contributed by atoms with Crippen LogP contribution in [0, 0.1) is 29.1 Å². The van der Waals surface area contributed by atoms with E-state index < -0.39 is 0 Å². The van der Waals surface area contributed by atoms with Crippen LogP contribution in [0.25, 0.3) is 11.2 Å². The van der Waals surface area contributed by atoms with Crippen LogP contribution in [-0.2, 0) is 33.8 Å². The molecule has 0 fully saturated rings. The predicted molar refractivity (Wildman–Crippen MR) is 82.2 cm³/mol. The fourth-order valence-corrected chi connectivity index (χ4v) is 0.642. The molecule has 0 aliphatic heterocycles. The van der Waals surface area contributed by atoms with Crippen molar-refractivity contribution < 1.29 is 33.8 Å². The Labute approximate surface area is 144 Å². The van der Waals surface area contributed by atoms with Gasteiger partial charge in [0.15, 0.2) is 0 Å². The van der Waals surface area contributed by atoms with Gasteiger partial charge in [0.05, 0.1) is 0 Å². The number of hydrogen-bond donors (Lipinski definition) is 0. The van der Waals surface area contributed by atoms with Gasteiger partial charge < -0.3 is 21.0 Å². The van der Waals surface area contributed by atoms with Crippen LogP contribution >= 0.6 is 7.92 Å². The first-order chi connectivity index (χ1) is 8.73. The molecule has 0 N–H and O–H groups in total. The van der Waals surface area contributed by atoms with Crippen molar-refractivity contribution in [2.24, 2.45) is 0 Å². The number of nitrogens with zero attached hydrogens (tertiary/aromatic N) is 2. The second-order valence-corrected chi connectivity index (χ2v) is 5.95. The average Bonchev–Trinajstić information content (AvgIpc) is 3.11. The molecule has 20 heavy (non-hydrogen) atoms. The molecule has 0 aromatic heterocycles. The molecule has 1 aliphatic carbocycles. The van der Waals surface area contributed by atoms with Gasteiger partial charge in [-0.1, -0.05) is 0 Å². The van der Waals surface area contributed by atoms with Crippen molar-refractivity contribution >= 4 is 7.92 Å². The molecule has 0 heterocycles. The van der Waals surface area contributed by atoms with E-state index in [0.29, 0.717) is 7.92 Å². The van der Waals surface area contributed by atoms with Crippen molar-refractivity contribution in [3.05, 3.63) is 82.7 Å². The van der Waals surface area contributed by atoms with Crippen LogP contribution in [0.15, 0.2) is 42.5 Å². The summed E-state index contributed by atoms with van der Waals surface area (Å²) in [4.78, 5) is 14.5. The van der Waals surface area contributed by atoms with Gasteiger partial charge in [-0.3, -0.25) is 0 Å². The molecule has 0 saturated heterocycles. The summed E-state index contributed by atoms with van der Waals surface area (Å²) in [7, 11) is 0.380. The van der Waals surface area contributed by atoms with Gasteiger partial charge in [0.2, 0.25) is 0 Å². The standard InChI is InChI=1S/2C5H5.C3H9P.Co.Mn.2NO/c2*1-2-4-5-3-1;1-4(2)3;;;2*1-2/h2*1-5H;1-3H3;;;;/q2*-1;;2*+2;2*-1. The summed E-state index contributed by atoms with van der Waals surface area (Å²) in [5, 5.41) is 0. The number of allylic oxidation sites excluding steroid dienone is 2. The van der Waals surface area contributed by atoms with Crippen molar-refractivity contribution in [1.29, 1.82) is 0 Å². The molecule has 1 aromatic carbocycles. The predicted octanol–water partition coefficient (Wildman–Crippen LogP) is 4.57. The number of nitroso groups, excluding NO2 is 2. The topological polar surface area (TPSA) is 78.7 Å². The summed E-state index contributed by atoms with van der Waals surface area (Å²) in [6.45, 7) is 6.69. The van der Waals surface area contributed by atoms with Crippen LogP contribution in [0.4, 0.5) is 0 Å². The van der Waals surface area contributed by atoms with Gasteiger partial charge in [0.25, 0.3) is 0 Å². The molecular weight excluding hydrogens is 361 g/mol. The molecule has 7 heteroatoms. The first-order valence-corrected chi connectivity index (χ1v) is 7.72. The van der Waals surface area contributed by atoms with E-state index >= 15 is 0 Å². The van der Waals surface area contributed by atoms with E-state index in [1.54, 1.807) is 0 Å². The van der Waals surface area contributed by atoms with E-state index in [1.807, 2.05) is 61.7 Å². The minimum Gasteiger partial charge on any atom is -0.577 e. The number of rotatable bonds is 0. The van der Waals surface area contributed by atoms with Crippen LogP contribution < -0.4 is 0 Å². The minimum absolute atomic E-state index is 0. The van der Waals surface area contributed by atoms with Gasteiger partial charge in [-0.05, 0) is 20.0 Å². The third kappa shape index (κ3) is 52.6. The van der Waals surface area contributed by atoms with E-state index in [-0.39, 0.29) is 33.8 Å². The number of hydrogen-bond acceptors (Lipinski definition) is 2. The maximum Gasteiger partial charge on any atom is 2.00 e. The second kappa shape index (κ2) is 36.3. The first-order valence-electron chi connectivity index (χ1n) is 5.04. The molecular formula is C13H19CoMnN2O2P. The van der Waals surface area contributed by atoms with Gasteiger partial charge in [-0.25, -0.2) is 30.7 Å². The van der Waals surface area contributed by atoms with Crippen LogP contribution in [0.2, 0.25) is 0 Å². The van der Waals surface area contributed by atoms with Crippen molar-refractivity contribution in [3.8, 4) is 0 Å². The van der Waals surface area contributed by atoms with Gasteiger partial charge in [-0.15, -0.1) is 20.8 Å². The summed E-state index contributed by atoms with van der Waals surface area (Å²) in [5.74, 6) is 0. The quantitative estimate of drug-likeness (QED) is 0.375. The van der Waals surface area contributed by atoms with Gasteiger partial charge in [-0.2, -0.15) is 18.2 Å². The maximum absolute atomic E-state index is 7.25. The normalized spacial score (nSPS) is 9.00. The fourth-order valence-electron chi connectivity index (χ4n) is 0.642. The molecule has 0 saturated carbocycles. The summed E-state index contributed by atoms with van der Waals surface area (Å²) >= 11 is 0. The first kappa shape index (κ1) is 31.8. The minimum atomic E-state index is 0. The summed E-state index contributed by atoms with van der Waals surface area (Å²) < 4.78 is 0. The Morgan fingerprint density at radius 1 is 0.950 bits per heavy atom. The Hall–Kier alpha value is -0.384. The third-order valence-electron chi connectivity index (χ3n) is 1.11. The molecule has 0 unspecified atom stereocenters. The molecule has 0 atom stereocenters. The van der Waals surface area contributed by atoms with E-state index in [0.717, 1.165) is 0 Å². The van der Waals surface area contributed by atoms with E-state index in [2.05, 4.69) is 20.0 Å². The maximum atomic E-state index is 7.25. The van der Waals surface area contributed by atoms with E-state index in [1.165, 1.54) is 0 Å². The van der Waals surface area contributed by atoms with Crippen molar-refractivity contribution in [1.82, 2.24) is 0 Å². The molecule has 4 nitrogen and oxygen atoms in total. The molecule has 1 aromatic rings. The smallest absolute Gasteiger partial charge is 0.577 e. The summed E-state index contributed by atoms with van der Waals surface area (Å²) in [5.41, 5.74) is 11.5. The fraction of sp³-hybridized carbons (Fsp3) is 0.231. The van der Waals surface area contributed by atoms with Crippen LogP contribution in [0.5, 0.6) is 0 Å². The monoisotopic (exact) mass is 380 g/mol. The Kier molecular flexibility index (Phi) is 57.8. The Bertz CT molecular complexity index is 223. The van der Waals surface area contributed by atoms with Crippen LogP contribution in [0.1, 0.15) is 0 Å². The van der Waals surface area contributed by atoms with Crippen molar-refractivity contribution in [2.45, 2.75) is 0 Å². The largest absolute Gasteiger partial charge is 2.00 e. The van der Waals surface area contributed by atoms with Crippen LogP contribution in [-0.4, -0.2) is 20.0 Å². The Morgan fingerprint density at radius 2 is 1.35 bits per heavy atom. The van der Waals surface area contributed by atoms with E-state index in [4.69, 9.17) is 21.0 Å². The molecule has 0 spiro atoms. The molecule has 0 bridgehead atoms. The summed E-state index contributed by atoms with van der Waals surface area (Å²) in [6, 6.07) is 10.0. The Morgan fingerprint density at radius 3 is 1.45 bits per heavy atom. The van der Waals surface area contributed by atoms with Gasteiger partial charge in [0.1, 0.15) is 0 Å². The zero-order valence-corrected chi connectivity index (χ0v) is 14.8. The SMILES string of the molecule is CP(C)C.[CH]1[CH][CH-]C=C1.[Co+2].[Mn+2].[N-]=O.[N-]=O.c1cc[cH-]c1. The van der Waals surface area contributed by atoms with Gasteiger partial charge in [0, 0.05) is 0 Å². The van der Waals surface area contributed by atoms with Gasteiger partial charge >= 0.3 is 33.8 Å². The molecule has 4 radical (unpaired) electrons. The Balaban J connectivity index is -0.0000000483. The average molecular weight is 380 g/mol. The van der Waals surface area contributed by atoms with Crippen LogP contribution in [0.3, 0.4) is 0 Å². The molecule has 1 aliphatic rings. The molecule has 2 rings (SSSR count). The zero-order chi connectivity index (χ0) is 14.6. The third-order valence-corrected chi connectivity index (χ3v) is 1.11. The van der Waals surface area contributed by atoms with E-state index in [9.17, 15) is 0 Å². The molecule has 114 valence electrons. The summed E-state index contributed by atoms with van der Waals surface area (Å²) in [6.07, 6.45) is 10.0. The van der Waals surface area contributed by atoms with Crippen molar-refractivity contribution in [3.63, 3.8) is 0 Å². The second-order valence-electron chi connectivity index (χ2n) is 3.27.